The number of benzene rings is 1. The van der Waals surface area contributed by atoms with Gasteiger partial charge in [0.1, 0.15) is 18.9 Å². The molecule has 0 radical (unpaired) electrons. The minimum atomic E-state index is -0.226. The highest BCUT2D eigenvalue weighted by Gasteiger charge is 2.37. The van der Waals surface area contributed by atoms with Gasteiger partial charge in [0.05, 0.1) is 6.67 Å². The smallest absolute Gasteiger partial charge is 0.328 e. The lowest BCUT2D eigenvalue weighted by molar-refractivity contribution is -0.126. The predicted molar refractivity (Wildman–Crippen MR) is 88.5 cm³/mol. The van der Waals surface area contributed by atoms with Gasteiger partial charge in [0, 0.05) is 17.6 Å². The molecule has 1 saturated heterocycles. The Morgan fingerprint density at radius 3 is 2.48 bits per heavy atom. The Kier molecular flexibility index (Phi) is 5.85. The number of halogens is 1. The number of ether oxygens (including phenoxy) is 1. The lowest BCUT2D eigenvalue weighted by Crippen LogP contribution is -2.42. The molecule has 0 spiro atoms. The monoisotopic (exact) mass is 339 g/mol. The van der Waals surface area contributed by atoms with Gasteiger partial charge in [-0.2, -0.15) is 0 Å². The van der Waals surface area contributed by atoms with Gasteiger partial charge in [-0.3, -0.25) is 14.6 Å². The van der Waals surface area contributed by atoms with Crippen molar-refractivity contribution in [2.45, 2.75) is 19.9 Å². The number of carbonyl (C=O) groups excluding carboxylic acids is 2. The molecule has 0 atom stereocenters. The number of imide groups is 1. The zero-order chi connectivity index (χ0) is 17.0. The van der Waals surface area contributed by atoms with Crippen LogP contribution in [0, 0.1) is 0 Å². The minimum Gasteiger partial charge on any atom is -0.492 e. The molecule has 0 N–H and O–H groups in total. The molecule has 7 heteroatoms. The van der Waals surface area contributed by atoms with Crippen molar-refractivity contribution >= 4 is 23.5 Å². The van der Waals surface area contributed by atoms with Crippen molar-refractivity contribution in [3.05, 3.63) is 29.3 Å². The standard InChI is InChI=1S/C16H22ClN3O3/c1-12(2)20-15(21)10-19(16(20)22)11-18(3)8-9-23-14-6-4-13(17)5-7-14/h4-7,12H,8-11H2,1-3H3. The van der Waals surface area contributed by atoms with E-state index >= 15 is 0 Å². The van der Waals surface area contributed by atoms with Gasteiger partial charge in [-0.1, -0.05) is 11.6 Å². The molecule has 0 unspecified atom stereocenters. The predicted octanol–water partition coefficient (Wildman–Crippen LogP) is 2.28. The quantitative estimate of drug-likeness (QED) is 0.715. The Balaban J connectivity index is 1.77. The highest BCUT2D eigenvalue weighted by atomic mass is 35.5. The fourth-order valence-corrected chi connectivity index (χ4v) is 2.52. The molecule has 0 aliphatic carbocycles. The summed E-state index contributed by atoms with van der Waals surface area (Å²) in [5, 5.41) is 0.668. The zero-order valence-electron chi connectivity index (χ0n) is 13.7. The summed E-state index contributed by atoms with van der Waals surface area (Å²) in [6, 6.07) is 6.83. The van der Waals surface area contributed by atoms with E-state index in [2.05, 4.69) is 0 Å². The molecule has 1 aliphatic rings. The Bertz CT molecular complexity index is 562. The molecule has 0 aromatic heterocycles. The van der Waals surface area contributed by atoms with E-state index in [1.54, 1.807) is 17.0 Å². The molecule has 23 heavy (non-hydrogen) atoms. The van der Waals surface area contributed by atoms with Crippen LogP contribution >= 0.6 is 11.6 Å². The van der Waals surface area contributed by atoms with Gasteiger partial charge >= 0.3 is 6.03 Å². The van der Waals surface area contributed by atoms with Crippen molar-refractivity contribution in [1.82, 2.24) is 14.7 Å². The maximum absolute atomic E-state index is 12.2. The van der Waals surface area contributed by atoms with Crippen molar-refractivity contribution < 1.29 is 14.3 Å². The van der Waals surface area contributed by atoms with Crippen LogP contribution in [0.1, 0.15) is 13.8 Å². The molecule has 0 saturated carbocycles. The van der Waals surface area contributed by atoms with E-state index in [-0.39, 0.29) is 24.5 Å². The fourth-order valence-electron chi connectivity index (χ4n) is 2.40. The van der Waals surface area contributed by atoms with Crippen LogP contribution in [0.15, 0.2) is 24.3 Å². The number of amides is 3. The van der Waals surface area contributed by atoms with Crippen molar-refractivity contribution in [3.63, 3.8) is 0 Å². The lowest BCUT2D eigenvalue weighted by atomic mass is 10.3. The number of likely N-dealkylation sites (N-methyl/N-ethyl adjacent to an activating group) is 1. The van der Waals surface area contributed by atoms with Gasteiger partial charge in [-0.05, 0) is 45.2 Å². The maximum atomic E-state index is 12.2. The topological polar surface area (TPSA) is 53.1 Å². The van der Waals surface area contributed by atoms with Crippen LogP contribution in [0.25, 0.3) is 0 Å². The minimum absolute atomic E-state index is 0.112. The summed E-state index contributed by atoms with van der Waals surface area (Å²) < 4.78 is 5.62. The molecule has 3 amide bonds. The van der Waals surface area contributed by atoms with Crippen LogP contribution in [0.4, 0.5) is 4.79 Å². The van der Waals surface area contributed by atoms with E-state index < -0.39 is 0 Å². The second-order valence-corrected chi connectivity index (χ2v) is 6.30. The first kappa shape index (κ1) is 17.6. The number of carbonyl (C=O) groups is 2. The van der Waals surface area contributed by atoms with Gasteiger partial charge in [0.25, 0.3) is 5.91 Å². The molecule has 0 bridgehead atoms. The molecule has 2 rings (SSSR count). The molecule has 1 aromatic carbocycles. The molecule has 1 aliphatic heterocycles. The Labute approximate surface area is 141 Å². The lowest BCUT2D eigenvalue weighted by Gasteiger charge is -2.24. The van der Waals surface area contributed by atoms with Crippen LogP contribution in [0.3, 0.4) is 0 Å². The third-order valence-corrected chi connectivity index (χ3v) is 3.81. The normalized spacial score (nSPS) is 15.2. The van der Waals surface area contributed by atoms with Crippen LogP contribution in [0.2, 0.25) is 5.02 Å². The van der Waals surface area contributed by atoms with Crippen molar-refractivity contribution in [3.8, 4) is 5.75 Å². The summed E-state index contributed by atoms with van der Waals surface area (Å²) in [6.45, 7) is 5.34. The van der Waals surface area contributed by atoms with Crippen molar-refractivity contribution in [1.29, 1.82) is 0 Å². The molecule has 1 fully saturated rings. The number of hydrogen-bond donors (Lipinski definition) is 0. The molecule has 126 valence electrons. The van der Waals surface area contributed by atoms with Crippen LogP contribution in [-0.4, -0.2) is 66.1 Å². The number of rotatable bonds is 7. The van der Waals surface area contributed by atoms with E-state index in [0.29, 0.717) is 24.8 Å². The summed E-state index contributed by atoms with van der Waals surface area (Å²) in [6.07, 6.45) is 0. The first-order valence-electron chi connectivity index (χ1n) is 7.56. The average Bonchev–Trinajstić information content (AvgIpc) is 2.75. The van der Waals surface area contributed by atoms with Crippen molar-refractivity contribution in [2.24, 2.45) is 0 Å². The highest BCUT2D eigenvalue weighted by molar-refractivity contribution is 6.30. The number of nitrogens with zero attached hydrogens (tertiary/aromatic N) is 3. The maximum Gasteiger partial charge on any atom is 0.328 e. The second-order valence-electron chi connectivity index (χ2n) is 5.86. The van der Waals surface area contributed by atoms with Gasteiger partial charge in [-0.25, -0.2) is 4.79 Å². The van der Waals surface area contributed by atoms with E-state index in [1.807, 2.05) is 37.9 Å². The SMILES string of the molecule is CC(C)N1C(=O)CN(CN(C)CCOc2ccc(Cl)cc2)C1=O. The molecule has 6 nitrogen and oxygen atoms in total. The van der Waals surface area contributed by atoms with Crippen LogP contribution < -0.4 is 4.74 Å². The Morgan fingerprint density at radius 1 is 1.26 bits per heavy atom. The largest absolute Gasteiger partial charge is 0.492 e. The highest BCUT2D eigenvalue weighted by Crippen LogP contribution is 2.16. The third kappa shape index (κ3) is 4.59. The molecule has 1 heterocycles. The second kappa shape index (κ2) is 7.66. The molecule has 1 aromatic rings. The van der Waals surface area contributed by atoms with E-state index in [0.717, 1.165) is 5.75 Å². The Hall–Kier alpha value is -1.79. The summed E-state index contributed by atoms with van der Waals surface area (Å²) in [5.41, 5.74) is 0. The van der Waals surface area contributed by atoms with Crippen LogP contribution in [-0.2, 0) is 4.79 Å². The Morgan fingerprint density at radius 2 is 1.91 bits per heavy atom. The summed E-state index contributed by atoms with van der Waals surface area (Å²) in [4.78, 5) is 28.8. The number of hydrogen-bond acceptors (Lipinski definition) is 4. The third-order valence-electron chi connectivity index (χ3n) is 3.56. The van der Waals surface area contributed by atoms with Gasteiger partial charge in [0.2, 0.25) is 0 Å². The van der Waals surface area contributed by atoms with Gasteiger partial charge < -0.3 is 9.64 Å². The zero-order valence-corrected chi connectivity index (χ0v) is 14.4. The van der Waals surface area contributed by atoms with E-state index in [9.17, 15) is 9.59 Å². The van der Waals surface area contributed by atoms with E-state index in [1.165, 1.54) is 4.90 Å². The van der Waals surface area contributed by atoms with Gasteiger partial charge in [-0.15, -0.1) is 0 Å². The first-order chi connectivity index (χ1) is 10.9. The van der Waals surface area contributed by atoms with Crippen molar-refractivity contribution in [2.75, 3.05) is 33.4 Å². The summed E-state index contributed by atoms with van der Waals surface area (Å²) in [5.74, 6) is 0.608. The molecular formula is C16H22ClN3O3. The number of urea groups is 1. The summed E-state index contributed by atoms with van der Waals surface area (Å²) in [7, 11) is 1.89. The molecular weight excluding hydrogens is 318 g/mol. The average molecular weight is 340 g/mol. The van der Waals surface area contributed by atoms with Crippen LogP contribution in [0.5, 0.6) is 5.75 Å². The van der Waals surface area contributed by atoms with Gasteiger partial charge in [0.15, 0.2) is 0 Å². The first-order valence-corrected chi connectivity index (χ1v) is 7.94. The van der Waals surface area contributed by atoms with E-state index in [4.69, 9.17) is 16.3 Å². The summed E-state index contributed by atoms with van der Waals surface area (Å²) >= 11 is 5.82. The fraction of sp³-hybridized carbons (Fsp3) is 0.500.